The Bertz CT molecular complexity index is 1570. The summed E-state index contributed by atoms with van der Waals surface area (Å²) >= 11 is 6.20. The molecule has 5 aliphatic carbocycles. The molecule has 282 valence electrons. The largest absolute Gasteiger partial charge is 0.462 e. The van der Waals surface area contributed by atoms with E-state index in [1.54, 1.807) is 6.92 Å². The minimum Gasteiger partial charge on any atom is -0.462 e. The van der Waals surface area contributed by atoms with Gasteiger partial charge in [-0.15, -0.1) is 0 Å². The first-order valence-electron chi connectivity index (χ1n) is 19.7. The van der Waals surface area contributed by atoms with E-state index in [2.05, 4.69) is 58.7 Å². The third-order valence-corrected chi connectivity index (χ3v) is 15.7. The van der Waals surface area contributed by atoms with Crippen molar-refractivity contribution in [3.63, 3.8) is 0 Å². The Morgan fingerprint density at radius 1 is 0.902 bits per heavy atom. The van der Waals surface area contributed by atoms with Crippen molar-refractivity contribution in [3.8, 4) is 0 Å². The van der Waals surface area contributed by atoms with Crippen molar-refractivity contribution in [3.05, 3.63) is 46.0 Å². The first-order chi connectivity index (χ1) is 23.8. The Hall–Kier alpha value is -2.38. The maximum Gasteiger partial charge on any atom is 0.318 e. The number of halogens is 1. The maximum absolute atomic E-state index is 14.5. The highest BCUT2D eigenvalue weighted by Gasteiger charge is 2.70. The van der Waals surface area contributed by atoms with Gasteiger partial charge in [-0.25, -0.2) is 4.79 Å². The summed E-state index contributed by atoms with van der Waals surface area (Å²) in [6.45, 7) is 20.1. The molecule has 1 N–H and O–H groups in total. The van der Waals surface area contributed by atoms with Gasteiger partial charge in [0, 0.05) is 43.4 Å². The molecule has 0 heterocycles. The Labute approximate surface area is 312 Å². The van der Waals surface area contributed by atoms with Crippen LogP contribution in [0.1, 0.15) is 119 Å². The normalized spacial score (nSPS) is 37.0. The van der Waals surface area contributed by atoms with Gasteiger partial charge in [-0.05, 0) is 134 Å². The molecule has 6 rings (SSSR count). The lowest BCUT2D eigenvalue weighted by Crippen LogP contribution is -2.67. The number of rotatable bonds is 8. The second-order valence-electron chi connectivity index (χ2n) is 19.0. The lowest BCUT2D eigenvalue weighted by molar-refractivity contribution is -0.231. The van der Waals surface area contributed by atoms with Crippen molar-refractivity contribution in [2.75, 3.05) is 27.2 Å². The second kappa shape index (κ2) is 13.5. The number of esters is 1. The van der Waals surface area contributed by atoms with Crippen LogP contribution in [0.25, 0.3) is 0 Å². The van der Waals surface area contributed by atoms with Gasteiger partial charge in [0.15, 0.2) is 5.78 Å². The zero-order chi connectivity index (χ0) is 37.3. The molecule has 8 heteroatoms. The van der Waals surface area contributed by atoms with Crippen LogP contribution in [0.4, 0.5) is 4.79 Å². The maximum atomic E-state index is 14.5. The van der Waals surface area contributed by atoms with Crippen molar-refractivity contribution in [2.45, 2.75) is 131 Å². The van der Waals surface area contributed by atoms with E-state index in [4.69, 9.17) is 16.3 Å². The van der Waals surface area contributed by atoms with Gasteiger partial charge in [0.1, 0.15) is 6.10 Å². The Morgan fingerprint density at radius 2 is 1.59 bits per heavy atom. The zero-order valence-corrected chi connectivity index (χ0v) is 33.8. The molecule has 7 nitrogen and oxygen atoms in total. The highest BCUT2D eigenvalue weighted by Crippen LogP contribution is 2.75. The van der Waals surface area contributed by atoms with Gasteiger partial charge >= 0.3 is 12.0 Å². The molecular formula is C43H64ClN3O4. The lowest BCUT2D eigenvalue weighted by atomic mass is 9.33. The molecule has 1 aromatic rings. The number of nitrogens with zero attached hydrogens (tertiary/aromatic N) is 2. The van der Waals surface area contributed by atoms with E-state index in [0.717, 1.165) is 69.0 Å². The number of urea groups is 1. The summed E-state index contributed by atoms with van der Waals surface area (Å²) in [6.07, 6.45) is 8.52. The number of allylic oxidation sites excluding steroid dienone is 1. The summed E-state index contributed by atoms with van der Waals surface area (Å²) in [5, 5.41) is 4.28. The number of carbonyl (C=O) groups excluding carboxylic acids is 3. The molecular weight excluding hydrogens is 658 g/mol. The molecule has 1 aromatic carbocycles. The second-order valence-corrected chi connectivity index (χ2v) is 19.5. The van der Waals surface area contributed by atoms with Crippen molar-refractivity contribution >= 4 is 29.4 Å². The van der Waals surface area contributed by atoms with Gasteiger partial charge in [0.25, 0.3) is 0 Å². The van der Waals surface area contributed by atoms with E-state index in [9.17, 15) is 14.4 Å². The molecule has 51 heavy (non-hydrogen) atoms. The van der Waals surface area contributed by atoms with E-state index < -0.39 is 5.54 Å². The topological polar surface area (TPSA) is 78.9 Å². The number of benzene rings is 1. The van der Waals surface area contributed by atoms with Crippen LogP contribution in [-0.2, 0) is 20.9 Å². The predicted molar refractivity (Wildman–Crippen MR) is 204 cm³/mol. The molecule has 2 amide bonds. The number of fused-ring (bicyclic) bond motifs is 7. The molecule has 4 fully saturated rings. The van der Waals surface area contributed by atoms with Crippen molar-refractivity contribution in [1.82, 2.24) is 15.1 Å². The number of hydrogen-bond donors (Lipinski definition) is 1. The summed E-state index contributed by atoms with van der Waals surface area (Å²) in [5.74, 6) is 1.42. The number of ether oxygens (including phenoxy) is 1. The average molecular weight is 722 g/mol. The zero-order valence-electron chi connectivity index (χ0n) is 33.1. The molecule has 8 atom stereocenters. The van der Waals surface area contributed by atoms with E-state index >= 15 is 0 Å². The summed E-state index contributed by atoms with van der Waals surface area (Å²) in [4.78, 5) is 44.8. The quantitative estimate of drug-likeness (QED) is 0.271. The first-order valence-corrected chi connectivity index (χ1v) is 20.1. The van der Waals surface area contributed by atoms with Gasteiger partial charge in [-0.3, -0.25) is 9.59 Å². The molecule has 0 aromatic heterocycles. The van der Waals surface area contributed by atoms with E-state index in [0.29, 0.717) is 36.4 Å². The van der Waals surface area contributed by atoms with Crippen molar-refractivity contribution < 1.29 is 19.1 Å². The average Bonchev–Trinajstić information content (AvgIpc) is 3.33. The van der Waals surface area contributed by atoms with E-state index in [1.165, 1.54) is 5.57 Å². The highest BCUT2D eigenvalue weighted by molar-refractivity contribution is 6.30. The third-order valence-electron chi connectivity index (χ3n) is 15.4. The van der Waals surface area contributed by atoms with Crippen LogP contribution >= 0.6 is 11.6 Å². The van der Waals surface area contributed by atoms with Crippen LogP contribution in [0.3, 0.4) is 0 Å². The molecule has 4 saturated carbocycles. The fourth-order valence-electron chi connectivity index (χ4n) is 12.8. The monoisotopic (exact) mass is 721 g/mol. The van der Waals surface area contributed by atoms with Gasteiger partial charge in [-0.1, -0.05) is 72.2 Å². The summed E-state index contributed by atoms with van der Waals surface area (Å²) in [7, 11) is 4.06. The molecule has 0 aliphatic heterocycles. The van der Waals surface area contributed by atoms with Gasteiger partial charge in [0.2, 0.25) is 0 Å². The van der Waals surface area contributed by atoms with Crippen molar-refractivity contribution in [2.24, 2.45) is 45.3 Å². The van der Waals surface area contributed by atoms with E-state index in [-0.39, 0.29) is 57.4 Å². The minimum absolute atomic E-state index is 0.00299. The van der Waals surface area contributed by atoms with Gasteiger partial charge in [-0.2, -0.15) is 0 Å². The van der Waals surface area contributed by atoms with Crippen molar-refractivity contribution in [1.29, 1.82) is 0 Å². The third kappa shape index (κ3) is 6.28. The number of carbonyl (C=O) groups is 3. The molecule has 8 unspecified atom stereocenters. The number of amides is 2. The summed E-state index contributed by atoms with van der Waals surface area (Å²) in [6, 6.07) is 7.64. The minimum atomic E-state index is -0.650. The number of nitrogens with one attached hydrogen (secondary N) is 1. The van der Waals surface area contributed by atoms with Gasteiger partial charge in [0.05, 0.1) is 5.54 Å². The summed E-state index contributed by atoms with van der Waals surface area (Å²) < 4.78 is 5.96. The molecule has 0 bridgehead atoms. The van der Waals surface area contributed by atoms with Crippen LogP contribution in [0, 0.1) is 45.3 Å². The molecule has 0 spiro atoms. The molecule has 0 radical (unpaired) electrons. The first kappa shape index (κ1) is 38.3. The smallest absolute Gasteiger partial charge is 0.318 e. The van der Waals surface area contributed by atoms with Crippen LogP contribution in [0.2, 0.25) is 5.02 Å². The van der Waals surface area contributed by atoms with Crippen LogP contribution < -0.4 is 5.32 Å². The van der Waals surface area contributed by atoms with Crippen LogP contribution in [0.5, 0.6) is 0 Å². The highest BCUT2D eigenvalue weighted by atomic mass is 35.5. The Balaban J connectivity index is 1.33. The number of ketones is 1. The standard InChI is InChI=1S/C43H64ClN3O4/c1-27(2)36-32(49)25-43(45-38(50)47(24-23-46(9)10)26-29-11-13-30(44)14-12-29)22-21-41(7)31(37(36)43)15-16-34-40(6)19-18-35(51-28(3)48)39(4,5)33(40)17-20-42(34,41)8/h11-14,27,31,33-35H,15-26H2,1-10H3,(H,45,50). The van der Waals surface area contributed by atoms with E-state index in [1.807, 2.05) is 43.3 Å². The fraction of sp³-hybridized carbons (Fsp3) is 0.744. The number of likely N-dealkylation sites (N-methyl/N-ethyl adjacent to an activating group) is 1. The van der Waals surface area contributed by atoms with Gasteiger partial charge < -0.3 is 19.9 Å². The molecule has 0 saturated heterocycles. The van der Waals surface area contributed by atoms with Crippen LogP contribution in [0.15, 0.2) is 35.4 Å². The number of hydrogen-bond acceptors (Lipinski definition) is 5. The SMILES string of the molecule is CC(=O)OC1CCC2(C)C(CCC3(C)C2CCC2C4=C(C(C)C)C(=O)CC4(NC(=O)N(CCN(C)C)Cc4ccc(Cl)cc4)CCC23C)C1(C)C. The summed E-state index contributed by atoms with van der Waals surface area (Å²) in [5.41, 5.74) is 2.78. The Morgan fingerprint density at radius 3 is 2.22 bits per heavy atom. The lowest BCUT2D eigenvalue weighted by Gasteiger charge is -2.72. The van der Waals surface area contributed by atoms with Crippen LogP contribution in [-0.4, -0.2) is 66.4 Å². The predicted octanol–water partition coefficient (Wildman–Crippen LogP) is 9.08. The fourth-order valence-corrected chi connectivity index (χ4v) is 12.9. The molecule has 5 aliphatic rings. The Kier molecular flexibility index (Phi) is 10.1. The number of Topliss-reactive ketones (excluding diaryl/α,β-unsaturated/α-hetero) is 1.